The summed E-state index contributed by atoms with van der Waals surface area (Å²) in [6, 6.07) is 4.43. The van der Waals surface area contributed by atoms with E-state index in [-0.39, 0.29) is 11.3 Å². The third-order valence-electron chi connectivity index (χ3n) is 7.07. The molecule has 1 saturated heterocycles. The molecule has 2 N–H and O–H groups in total. The molecule has 2 unspecified atom stereocenters. The van der Waals surface area contributed by atoms with Crippen LogP contribution in [0.15, 0.2) is 18.3 Å². The van der Waals surface area contributed by atoms with Crippen molar-refractivity contribution < 1.29 is 4.79 Å². The standard InChI is InChI=1S/C20H29N3O/c1-19-8-2-5-17(19)23(12-4-9-19)18(24)15-6-7-16(22-13-15)20(14-21)10-3-11-20/h6-7,13,17H,2-5,8-12,14,21H2,1H3. The molecule has 4 nitrogen and oxygen atoms in total. The molecule has 2 aliphatic carbocycles. The lowest BCUT2D eigenvalue weighted by Gasteiger charge is -2.44. The Bertz CT molecular complexity index is 617. The number of amides is 1. The molecule has 24 heavy (non-hydrogen) atoms. The fraction of sp³-hybridized carbons (Fsp3) is 0.700. The Morgan fingerprint density at radius 2 is 2.04 bits per heavy atom. The van der Waals surface area contributed by atoms with Crippen LogP contribution in [0.1, 0.15) is 74.3 Å². The first-order chi connectivity index (χ1) is 11.6. The SMILES string of the molecule is CC12CCCC1N(C(=O)c1ccc(C3(CN)CCC3)nc1)CCC2. The van der Waals surface area contributed by atoms with E-state index in [4.69, 9.17) is 5.73 Å². The summed E-state index contributed by atoms with van der Waals surface area (Å²) in [4.78, 5) is 19.8. The monoisotopic (exact) mass is 327 g/mol. The number of pyridine rings is 1. The predicted molar refractivity (Wildman–Crippen MR) is 94.8 cm³/mol. The van der Waals surface area contributed by atoms with Crippen LogP contribution in [-0.4, -0.2) is 34.9 Å². The van der Waals surface area contributed by atoms with Crippen LogP contribution >= 0.6 is 0 Å². The molecule has 0 aromatic carbocycles. The molecule has 4 rings (SSSR count). The molecular formula is C20H29N3O. The maximum absolute atomic E-state index is 13.1. The minimum absolute atomic E-state index is 0.0662. The Kier molecular flexibility index (Phi) is 3.91. The highest BCUT2D eigenvalue weighted by Crippen LogP contribution is 2.47. The zero-order valence-electron chi connectivity index (χ0n) is 14.8. The van der Waals surface area contributed by atoms with Crippen molar-refractivity contribution in [1.29, 1.82) is 0 Å². The maximum atomic E-state index is 13.1. The number of hydrogen-bond donors (Lipinski definition) is 1. The van der Waals surface area contributed by atoms with Crippen LogP contribution in [0, 0.1) is 5.41 Å². The topological polar surface area (TPSA) is 59.2 Å². The summed E-state index contributed by atoms with van der Waals surface area (Å²) in [6.07, 6.45) is 11.3. The molecule has 0 radical (unpaired) electrons. The smallest absolute Gasteiger partial charge is 0.255 e. The zero-order chi connectivity index (χ0) is 16.8. The molecule has 2 saturated carbocycles. The van der Waals surface area contributed by atoms with Crippen molar-refractivity contribution in [2.24, 2.45) is 11.1 Å². The van der Waals surface area contributed by atoms with E-state index in [2.05, 4.69) is 16.8 Å². The zero-order valence-corrected chi connectivity index (χ0v) is 14.8. The molecule has 0 bridgehead atoms. The fourth-order valence-electron chi connectivity index (χ4n) is 5.26. The van der Waals surface area contributed by atoms with Crippen molar-refractivity contribution in [2.75, 3.05) is 13.1 Å². The van der Waals surface area contributed by atoms with Gasteiger partial charge in [-0.1, -0.05) is 19.8 Å². The fourth-order valence-corrected chi connectivity index (χ4v) is 5.26. The van der Waals surface area contributed by atoms with Crippen LogP contribution in [0.3, 0.4) is 0 Å². The van der Waals surface area contributed by atoms with Crippen LogP contribution in [0.2, 0.25) is 0 Å². The summed E-state index contributed by atoms with van der Waals surface area (Å²) in [7, 11) is 0. The summed E-state index contributed by atoms with van der Waals surface area (Å²) in [5.74, 6) is 0.169. The van der Waals surface area contributed by atoms with Crippen molar-refractivity contribution in [3.63, 3.8) is 0 Å². The number of nitrogens with zero attached hydrogens (tertiary/aromatic N) is 2. The molecule has 2 atom stereocenters. The molecule has 1 aliphatic heterocycles. The Balaban J connectivity index is 1.54. The number of carbonyl (C=O) groups excluding carboxylic acids is 1. The normalized spacial score (nSPS) is 31.4. The summed E-state index contributed by atoms with van der Waals surface area (Å²) < 4.78 is 0. The molecule has 130 valence electrons. The number of carbonyl (C=O) groups is 1. The highest BCUT2D eigenvalue weighted by Gasteiger charge is 2.46. The average molecular weight is 327 g/mol. The molecule has 3 aliphatic rings. The minimum atomic E-state index is 0.0662. The maximum Gasteiger partial charge on any atom is 0.255 e. The Labute approximate surface area is 144 Å². The molecule has 1 amide bonds. The van der Waals surface area contributed by atoms with Crippen LogP contribution < -0.4 is 5.73 Å². The van der Waals surface area contributed by atoms with E-state index in [0.29, 0.717) is 18.0 Å². The minimum Gasteiger partial charge on any atom is -0.335 e. The summed E-state index contributed by atoms with van der Waals surface area (Å²) in [6.45, 7) is 3.92. The second kappa shape index (κ2) is 5.83. The molecule has 4 heteroatoms. The lowest BCUT2D eigenvalue weighted by atomic mass is 9.66. The van der Waals surface area contributed by atoms with E-state index < -0.39 is 0 Å². The van der Waals surface area contributed by atoms with E-state index in [1.54, 1.807) is 6.20 Å². The third kappa shape index (κ3) is 2.38. The average Bonchev–Trinajstić information content (AvgIpc) is 2.96. The largest absolute Gasteiger partial charge is 0.335 e. The Morgan fingerprint density at radius 3 is 2.67 bits per heavy atom. The van der Waals surface area contributed by atoms with Crippen LogP contribution in [0.25, 0.3) is 0 Å². The lowest BCUT2D eigenvalue weighted by molar-refractivity contribution is 0.0338. The van der Waals surface area contributed by atoms with Crippen molar-refractivity contribution in [2.45, 2.75) is 69.7 Å². The van der Waals surface area contributed by atoms with Gasteiger partial charge < -0.3 is 10.6 Å². The van der Waals surface area contributed by atoms with Gasteiger partial charge in [-0.3, -0.25) is 9.78 Å². The van der Waals surface area contributed by atoms with Crippen molar-refractivity contribution in [3.05, 3.63) is 29.6 Å². The molecule has 1 aromatic heterocycles. The van der Waals surface area contributed by atoms with E-state index in [9.17, 15) is 4.79 Å². The molecular weight excluding hydrogens is 298 g/mol. The number of piperidine rings is 1. The van der Waals surface area contributed by atoms with E-state index in [1.807, 2.05) is 12.1 Å². The van der Waals surface area contributed by atoms with Gasteiger partial charge in [-0.2, -0.15) is 0 Å². The number of likely N-dealkylation sites (tertiary alicyclic amines) is 1. The quantitative estimate of drug-likeness (QED) is 0.927. The van der Waals surface area contributed by atoms with E-state index >= 15 is 0 Å². The first-order valence-corrected chi connectivity index (χ1v) is 9.56. The first-order valence-electron chi connectivity index (χ1n) is 9.56. The van der Waals surface area contributed by atoms with Crippen molar-refractivity contribution in [3.8, 4) is 0 Å². The summed E-state index contributed by atoms with van der Waals surface area (Å²) in [5, 5.41) is 0. The number of hydrogen-bond acceptors (Lipinski definition) is 3. The Morgan fingerprint density at radius 1 is 1.25 bits per heavy atom. The van der Waals surface area contributed by atoms with Gasteiger partial charge in [0, 0.05) is 36.4 Å². The van der Waals surface area contributed by atoms with Crippen LogP contribution in [0.4, 0.5) is 0 Å². The van der Waals surface area contributed by atoms with Gasteiger partial charge in [0.1, 0.15) is 0 Å². The van der Waals surface area contributed by atoms with Crippen LogP contribution in [-0.2, 0) is 5.41 Å². The second-order valence-corrected chi connectivity index (χ2v) is 8.43. The van der Waals surface area contributed by atoms with Gasteiger partial charge in [0.05, 0.1) is 5.56 Å². The molecule has 1 aromatic rings. The third-order valence-corrected chi connectivity index (χ3v) is 7.07. The molecule has 2 heterocycles. The van der Waals surface area contributed by atoms with Gasteiger partial charge in [-0.05, 0) is 56.1 Å². The number of fused-ring (bicyclic) bond motifs is 1. The first kappa shape index (κ1) is 16.1. The Hall–Kier alpha value is -1.42. The summed E-state index contributed by atoms with van der Waals surface area (Å²) >= 11 is 0. The molecule has 0 spiro atoms. The number of aromatic nitrogens is 1. The predicted octanol–water partition coefficient (Wildman–Crippen LogP) is 3.26. The van der Waals surface area contributed by atoms with Crippen LogP contribution in [0.5, 0.6) is 0 Å². The van der Waals surface area contributed by atoms with Gasteiger partial charge in [-0.25, -0.2) is 0 Å². The van der Waals surface area contributed by atoms with E-state index in [1.165, 1.54) is 25.7 Å². The number of rotatable bonds is 3. The van der Waals surface area contributed by atoms with Gasteiger partial charge >= 0.3 is 0 Å². The van der Waals surface area contributed by atoms with Crippen molar-refractivity contribution >= 4 is 5.91 Å². The molecule has 3 fully saturated rings. The van der Waals surface area contributed by atoms with Gasteiger partial charge in [0.2, 0.25) is 0 Å². The lowest BCUT2D eigenvalue weighted by Crippen LogP contribution is -2.50. The highest BCUT2D eigenvalue weighted by molar-refractivity contribution is 5.94. The van der Waals surface area contributed by atoms with E-state index in [0.717, 1.165) is 43.5 Å². The summed E-state index contributed by atoms with van der Waals surface area (Å²) in [5.41, 5.74) is 8.17. The second-order valence-electron chi connectivity index (χ2n) is 8.43. The van der Waals surface area contributed by atoms with Gasteiger partial charge in [0.25, 0.3) is 5.91 Å². The van der Waals surface area contributed by atoms with Gasteiger partial charge in [-0.15, -0.1) is 0 Å². The van der Waals surface area contributed by atoms with Crippen molar-refractivity contribution in [1.82, 2.24) is 9.88 Å². The number of nitrogens with two attached hydrogens (primary N) is 1. The van der Waals surface area contributed by atoms with Gasteiger partial charge in [0.15, 0.2) is 0 Å². The highest BCUT2D eigenvalue weighted by atomic mass is 16.2.